The molecule has 2 aromatic rings. The molecule has 26 heavy (non-hydrogen) atoms. The van der Waals surface area contributed by atoms with Crippen LogP contribution in [-0.4, -0.2) is 47.5 Å². The molecule has 0 aliphatic heterocycles. The van der Waals surface area contributed by atoms with Gasteiger partial charge in [0.15, 0.2) is 0 Å². The molecule has 1 atom stereocenters. The van der Waals surface area contributed by atoms with Crippen LogP contribution in [0.1, 0.15) is 26.0 Å². The van der Waals surface area contributed by atoms with Crippen LogP contribution in [-0.2, 0) is 13.6 Å². The van der Waals surface area contributed by atoms with Gasteiger partial charge in [0.2, 0.25) is 0 Å². The number of ether oxygens (including phenoxy) is 2. The first-order chi connectivity index (χ1) is 12.5. The van der Waals surface area contributed by atoms with Gasteiger partial charge in [-0.1, -0.05) is 13.8 Å². The van der Waals surface area contributed by atoms with Crippen molar-refractivity contribution in [2.45, 2.75) is 32.9 Å². The summed E-state index contributed by atoms with van der Waals surface area (Å²) >= 11 is 0. The molecule has 1 aromatic heterocycles. The Hall–Kier alpha value is -1.98. The summed E-state index contributed by atoms with van der Waals surface area (Å²) in [4.78, 5) is 2.30. The van der Waals surface area contributed by atoms with Crippen molar-refractivity contribution in [1.29, 1.82) is 0 Å². The van der Waals surface area contributed by atoms with Crippen molar-refractivity contribution in [3.63, 3.8) is 0 Å². The Labute approximate surface area is 157 Å². The second-order valence-corrected chi connectivity index (χ2v) is 7.17. The first-order valence-electron chi connectivity index (χ1n) is 9.25. The van der Waals surface area contributed by atoms with Crippen LogP contribution < -0.4 is 9.47 Å². The van der Waals surface area contributed by atoms with E-state index in [9.17, 15) is 5.11 Å². The number of aromatic nitrogens is 1. The van der Waals surface area contributed by atoms with E-state index in [2.05, 4.69) is 48.7 Å². The highest BCUT2D eigenvalue weighted by molar-refractivity contribution is 5.31. The van der Waals surface area contributed by atoms with Gasteiger partial charge >= 0.3 is 0 Å². The van der Waals surface area contributed by atoms with Gasteiger partial charge in [0.05, 0.1) is 7.11 Å². The summed E-state index contributed by atoms with van der Waals surface area (Å²) in [7, 11) is 3.69. The number of aliphatic hydroxyl groups is 1. The first-order valence-corrected chi connectivity index (χ1v) is 9.25. The van der Waals surface area contributed by atoms with Gasteiger partial charge in [0.25, 0.3) is 0 Å². The average Bonchev–Trinajstić information content (AvgIpc) is 3.03. The number of aliphatic hydroxyl groups excluding tert-OH is 1. The van der Waals surface area contributed by atoms with Gasteiger partial charge in [0.1, 0.15) is 24.2 Å². The van der Waals surface area contributed by atoms with Gasteiger partial charge in [-0.3, -0.25) is 4.90 Å². The minimum atomic E-state index is -0.537. The Morgan fingerprint density at radius 2 is 1.81 bits per heavy atom. The normalized spacial score (nSPS) is 12.6. The van der Waals surface area contributed by atoms with Crippen LogP contribution in [0.25, 0.3) is 0 Å². The van der Waals surface area contributed by atoms with E-state index in [0.29, 0.717) is 12.5 Å². The fourth-order valence-corrected chi connectivity index (χ4v) is 2.78. The monoisotopic (exact) mass is 360 g/mol. The number of hydrogen-bond acceptors (Lipinski definition) is 4. The molecule has 0 bridgehead atoms. The summed E-state index contributed by atoms with van der Waals surface area (Å²) < 4.78 is 13.0. The molecule has 0 saturated carbocycles. The lowest BCUT2D eigenvalue weighted by Gasteiger charge is -2.26. The largest absolute Gasteiger partial charge is 0.497 e. The van der Waals surface area contributed by atoms with E-state index in [1.807, 2.05) is 24.3 Å². The number of benzene rings is 1. The Morgan fingerprint density at radius 1 is 1.12 bits per heavy atom. The van der Waals surface area contributed by atoms with Crippen LogP contribution in [0, 0.1) is 5.92 Å². The zero-order valence-electron chi connectivity index (χ0n) is 16.4. The second kappa shape index (κ2) is 10.2. The van der Waals surface area contributed by atoms with Crippen LogP contribution in [0.5, 0.6) is 11.5 Å². The Balaban J connectivity index is 1.87. The standard InChI is InChI=1S/C21H32N2O3/c1-17(2)11-13-23(14-18-6-5-12-22(18)3)15-19(24)16-26-21-9-7-20(25-4)8-10-21/h5-10,12,17,19,24H,11,13-16H2,1-4H3/t19-/m0/s1. The van der Waals surface area contributed by atoms with Gasteiger partial charge in [-0.25, -0.2) is 0 Å². The summed E-state index contributed by atoms with van der Waals surface area (Å²) in [5.41, 5.74) is 1.25. The molecule has 1 N–H and O–H groups in total. The topological polar surface area (TPSA) is 46.9 Å². The molecule has 0 spiro atoms. The van der Waals surface area contributed by atoms with Crippen LogP contribution in [0.3, 0.4) is 0 Å². The Bertz CT molecular complexity index is 637. The lowest BCUT2D eigenvalue weighted by molar-refractivity contribution is 0.0632. The van der Waals surface area contributed by atoms with E-state index in [-0.39, 0.29) is 6.61 Å². The van der Waals surface area contributed by atoms with Crippen molar-refractivity contribution >= 4 is 0 Å². The van der Waals surface area contributed by atoms with E-state index >= 15 is 0 Å². The molecule has 0 saturated heterocycles. The van der Waals surface area contributed by atoms with Crippen molar-refractivity contribution in [1.82, 2.24) is 9.47 Å². The van der Waals surface area contributed by atoms with E-state index in [1.54, 1.807) is 7.11 Å². The van der Waals surface area contributed by atoms with Crippen molar-refractivity contribution in [3.8, 4) is 11.5 Å². The highest BCUT2D eigenvalue weighted by atomic mass is 16.5. The third-order valence-electron chi connectivity index (χ3n) is 4.43. The number of hydrogen-bond donors (Lipinski definition) is 1. The zero-order valence-corrected chi connectivity index (χ0v) is 16.4. The maximum absolute atomic E-state index is 10.4. The summed E-state index contributed by atoms with van der Waals surface area (Å²) in [6.07, 6.45) is 2.62. The molecule has 0 aliphatic rings. The Morgan fingerprint density at radius 3 is 2.38 bits per heavy atom. The minimum Gasteiger partial charge on any atom is -0.497 e. The van der Waals surface area contributed by atoms with Gasteiger partial charge < -0.3 is 19.1 Å². The summed E-state index contributed by atoms with van der Waals surface area (Å²) in [6, 6.07) is 11.6. The zero-order chi connectivity index (χ0) is 18.9. The smallest absolute Gasteiger partial charge is 0.119 e. The molecule has 0 radical (unpaired) electrons. The van der Waals surface area contributed by atoms with Gasteiger partial charge in [-0.15, -0.1) is 0 Å². The lowest BCUT2D eigenvalue weighted by atomic mass is 10.1. The predicted molar refractivity (Wildman–Crippen MR) is 105 cm³/mol. The van der Waals surface area contributed by atoms with Crippen LogP contribution >= 0.6 is 0 Å². The SMILES string of the molecule is COc1ccc(OC[C@@H](O)CN(CCC(C)C)Cc2cccn2C)cc1. The summed E-state index contributed by atoms with van der Waals surface area (Å²) in [5, 5.41) is 10.4. The maximum atomic E-state index is 10.4. The van der Waals surface area contributed by atoms with Gasteiger partial charge in [0, 0.05) is 32.0 Å². The average molecular weight is 360 g/mol. The van der Waals surface area contributed by atoms with Crippen molar-refractivity contribution in [3.05, 3.63) is 48.3 Å². The van der Waals surface area contributed by atoms with E-state index < -0.39 is 6.10 Å². The fraction of sp³-hybridized carbons (Fsp3) is 0.524. The molecule has 144 valence electrons. The van der Waals surface area contributed by atoms with Crippen molar-refractivity contribution in [2.75, 3.05) is 26.8 Å². The maximum Gasteiger partial charge on any atom is 0.119 e. The molecule has 0 unspecified atom stereocenters. The van der Waals surface area contributed by atoms with E-state index in [1.165, 1.54) is 5.69 Å². The number of methoxy groups -OCH3 is 1. The third kappa shape index (κ3) is 6.73. The van der Waals surface area contributed by atoms with Crippen LogP contribution in [0.4, 0.5) is 0 Å². The van der Waals surface area contributed by atoms with E-state index in [4.69, 9.17) is 9.47 Å². The summed E-state index contributed by atoms with van der Waals surface area (Å²) in [6.45, 7) is 7.11. The number of nitrogens with zero attached hydrogens (tertiary/aromatic N) is 2. The predicted octanol–water partition coefficient (Wildman–Crippen LogP) is 3.32. The van der Waals surface area contributed by atoms with Crippen LogP contribution in [0.15, 0.2) is 42.6 Å². The molecule has 1 aromatic carbocycles. The van der Waals surface area contributed by atoms with Crippen molar-refractivity contribution in [2.24, 2.45) is 13.0 Å². The quantitative estimate of drug-likeness (QED) is 0.668. The first kappa shape index (κ1) is 20.3. The third-order valence-corrected chi connectivity index (χ3v) is 4.43. The molecule has 0 aliphatic carbocycles. The minimum absolute atomic E-state index is 0.275. The molecule has 0 fully saturated rings. The molecule has 2 rings (SSSR count). The van der Waals surface area contributed by atoms with Gasteiger partial charge in [-0.05, 0) is 55.3 Å². The van der Waals surface area contributed by atoms with Crippen LogP contribution in [0.2, 0.25) is 0 Å². The molecule has 5 nitrogen and oxygen atoms in total. The molecule has 0 amide bonds. The van der Waals surface area contributed by atoms with Crippen molar-refractivity contribution < 1.29 is 14.6 Å². The molecular formula is C21H32N2O3. The molecular weight excluding hydrogens is 328 g/mol. The lowest BCUT2D eigenvalue weighted by Crippen LogP contribution is -2.36. The summed E-state index contributed by atoms with van der Waals surface area (Å²) in [5.74, 6) is 2.17. The highest BCUT2D eigenvalue weighted by Crippen LogP contribution is 2.17. The van der Waals surface area contributed by atoms with Gasteiger partial charge in [-0.2, -0.15) is 0 Å². The number of aryl methyl sites for hydroxylation is 1. The highest BCUT2D eigenvalue weighted by Gasteiger charge is 2.15. The Kier molecular flexibility index (Phi) is 8.01. The second-order valence-electron chi connectivity index (χ2n) is 7.17. The van der Waals surface area contributed by atoms with E-state index in [0.717, 1.165) is 31.0 Å². The molecule has 5 heteroatoms. The fourth-order valence-electron chi connectivity index (χ4n) is 2.78. The number of rotatable bonds is 11. The molecule has 1 heterocycles.